The van der Waals surface area contributed by atoms with Crippen molar-refractivity contribution in [3.63, 3.8) is 0 Å². The largest absolute Gasteiger partial charge is 0.381 e. The van der Waals surface area contributed by atoms with Crippen molar-refractivity contribution < 1.29 is 9.50 Å². The maximum atomic E-state index is 13.5. The Balaban J connectivity index is 2.44. The highest BCUT2D eigenvalue weighted by atomic mass is 19.1. The first-order chi connectivity index (χ1) is 8.93. The molecule has 0 heterocycles. The van der Waals surface area contributed by atoms with E-state index in [9.17, 15) is 9.50 Å². The lowest BCUT2D eigenvalue weighted by atomic mass is 9.87. The van der Waals surface area contributed by atoms with Crippen molar-refractivity contribution in [1.29, 1.82) is 0 Å². The predicted molar refractivity (Wildman–Crippen MR) is 75.6 cm³/mol. The molecular weight excluding hydrogens is 239 g/mol. The Morgan fingerprint density at radius 1 is 1.05 bits per heavy atom. The number of hydrogen-bond donors (Lipinski definition) is 1. The Morgan fingerprint density at radius 3 is 2.21 bits per heavy atom. The molecule has 0 aromatic heterocycles. The number of aliphatic hydroxyl groups is 1. The van der Waals surface area contributed by atoms with Crippen molar-refractivity contribution >= 4 is 0 Å². The number of benzene rings is 2. The highest BCUT2D eigenvalue weighted by Gasteiger charge is 2.26. The summed E-state index contributed by atoms with van der Waals surface area (Å²) in [6, 6.07) is 12.5. The van der Waals surface area contributed by atoms with Gasteiger partial charge in [-0.05, 0) is 54.7 Å². The van der Waals surface area contributed by atoms with Crippen molar-refractivity contribution in [2.45, 2.75) is 32.8 Å². The van der Waals surface area contributed by atoms with Crippen LogP contribution in [-0.4, -0.2) is 5.11 Å². The van der Waals surface area contributed by atoms with Gasteiger partial charge in [-0.3, -0.25) is 0 Å². The zero-order chi connectivity index (χ0) is 14.0. The van der Waals surface area contributed by atoms with Gasteiger partial charge in [-0.1, -0.05) is 37.3 Å². The van der Waals surface area contributed by atoms with Gasteiger partial charge >= 0.3 is 0 Å². The third-order valence-electron chi connectivity index (χ3n) is 3.53. The number of halogens is 1. The molecule has 0 saturated carbocycles. The summed E-state index contributed by atoms with van der Waals surface area (Å²) < 4.78 is 13.5. The van der Waals surface area contributed by atoms with Gasteiger partial charge in [0, 0.05) is 0 Å². The molecule has 0 radical (unpaired) electrons. The van der Waals surface area contributed by atoms with E-state index in [1.807, 2.05) is 37.3 Å². The maximum Gasteiger partial charge on any atom is 0.123 e. The van der Waals surface area contributed by atoms with Crippen LogP contribution in [-0.2, 0) is 12.0 Å². The standard InChI is InChI=1S/C17H19FO/c1-4-13-5-7-14(8-6-13)17(3,19)15-9-12(2)10-16(18)11-15/h5-11,19H,4H2,1-3H3. The average Bonchev–Trinajstić information content (AvgIpc) is 2.37. The topological polar surface area (TPSA) is 20.2 Å². The minimum absolute atomic E-state index is 0.319. The van der Waals surface area contributed by atoms with Crippen LogP contribution in [0.3, 0.4) is 0 Å². The molecule has 0 amide bonds. The molecule has 2 heteroatoms. The summed E-state index contributed by atoms with van der Waals surface area (Å²) >= 11 is 0. The first kappa shape index (κ1) is 13.8. The fourth-order valence-electron chi connectivity index (χ4n) is 2.25. The summed E-state index contributed by atoms with van der Waals surface area (Å²) in [4.78, 5) is 0. The third kappa shape index (κ3) is 2.85. The summed E-state index contributed by atoms with van der Waals surface area (Å²) in [6.45, 7) is 5.61. The summed E-state index contributed by atoms with van der Waals surface area (Å²) in [7, 11) is 0. The van der Waals surface area contributed by atoms with Crippen LogP contribution in [0, 0.1) is 12.7 Å². The minimum Gasteiger partial charge on any atom is -0.381 e. The molecule has 2 aromatic rings. The molecule has 0 aliphatic heterocycles. The first-order valence-corrected chi connectivity index (χ1v) is 6.53. The smallest absolute Gasteiger partial charge is 0.123 e. The van der Waals surface area contributed by atoms with Crippen LogP contribution < -0.4 is 0 Å². The van der Waals surface area contributed by atoms with Crippen molar-refractivity contribution in [3.8, 4) is 0 Å². The van der Waals surface area contributed by atoms with Crippen LogP contribution in [0.1, 0.15) is 36.1 Å². The molecular formula is C17H19FO. The van der Waals surface area contributed by atoms with Crippen LogP contribution in [0.2, 0.25) is 0 Å². The van der Waals surface area contributed by atoms with Crippen molar-refractivity contribution in [1.82, 2.24) is 0 Å². The van der Waals surface area contributed by atoms with Crippen LogP contribution in [0.4, 0.5) is 4.39 Å². The van der Waals surface area contributed by atoms with E-state index in [-0.39, 0.29) is 5.82 Å². The maximum absolute atomic E-state index is 13.5. The zero-order valence-electron chi connectivity index (χ0n) is 11.6. The van der Waals surface area contributed by atoms with Crippen molar-refractivity contribution in [2.75, 3.05) is 0 Å². The van der Waals surface area contributed by atoms with Gasteiger partial charge < -0.3 is 5.11 Å². The van der Waals surface area contributed by atoms with Gasteiger partial charge in [0.2, 0.25) is 0 Å². The second-order valence-corrected chi connectivity index (χ2v) is 5.14. The van der Waals surface area contributed by atoms with Crippen molar-refractivity contribution in [3.05, 3.63) is 70.5 Å². The Labute approximate surface area is 113 Å². The number of hydrogen-bond acceptors (Lipinski definition) is 1. The predicted octanol–water partition coefficient (Wildman–Crippen LogP) is 3.95. The van der Waals surface area contributed by atoms with E-state index >= 15 is 0 Å². The Morgan fingerprint density at radius 2 is 1.68 bits per heavy atom. The van der Waals surface area contributed by atoms with E-state index in [2.05, 4.69) is 6.92 Å². The van der Waals surface area contributed by atoms with Crippen LogP contribution in [0.5, 0.6) is 0 Å². The van der Waals surface area contributed by atoms with Gasteiger partial charge in [0.1, 0.15) is 11.4 Å². The second-order valence-electron chi connectivity index (χ2n) is 5.14. The molecule has 100 valence electrons. The molecule has 1 N–H and O–H groups in total. The molecule has 19 heavy (non-hydrogen) atoms. The van der Waals surface area contributed by atoms with Gasteiger partial charge in [-0.2, -0.15) is 0 Å². The molecule has 0 aliphatic carbocycles. The lowest BCUT2D eigenvalue weighted by Crippen LogP contribution is -2.23. The fraction of sp³-hybridized carbons (Fsp3) is 0.294. The van der Waals surface area contributed by atoms with Crippen LogP contribution in [0.15, 0.2) is 42.5 Å². The fourth-order valence-corrected chi connectivity index (χ4v) is 2.25. The summed E-state index contributed by atoms with van der Waals surface area (Å²) in [5.41, 5.74) is 2.19. The first-order valence-electron chi connectivity index (χ1n) is 6.53. The quantitative estimate of drug-likeness (QED) is 0.883. The zero-order valence-corrected chi connectivity index (χ0v) is 11.6. The van der Waals surface area contributed by atoms with E-state index in [4.69, 9.17) is 0 Å². The SMILES string of the molecule is CCc1ccc(C(C)(O)c2cc(C)cc(F)c2)cc1. The van der Waals surface area contributed by atoms with Gasteiger partial charge in [0.15, 0.2) is 0 Å². The van der Waals surface area contributed by atoms with Gasteiger partial charge in [0.05, 0.1) is 0 Å². The molecule has 0 spiro atoms. The Kier molecular flexibility index (Phi) is 3.72. The molecule has 1 atom stereocenters. The molecule has 2 rings (SSSR count). The molecule has 1 unspecified atom stereocenters. The van der Waals surface area contributed by atoms with E-state index in [1.165, 1.54) is 17.7 Å². The summed E-state index contributed by atoms with van der Waals surface area (Å²) in [6.07, 6.45) is 0.960. The normalized spacial score (nSPS) is 14.2. The average molecular weight is 258 g/mol. The number of aryl methyl sites for hydroxylation is 2. The van der Waals surface area contributed by atoms with E-state index in [0.717, 1.165) is 17.5 Å². The van der Waals surface area contributed by atoms with Gasteiger partial charge in [0.25, 0.3) is 0 Å². The molecule has 0 aliphatic rings. The molecule has 0 bridgehead atoms. The molecule has 1 nitrogen and oxygen atoms in total. The number of rotatable bonds is 3. The Bertz CT molecular complexity index is 550. The summed E-state index contributed by atoms with van der Waals surface area (Å²) in [5, 5.41) is 10.7. The van der Waals surface area contributed by atoms with Gasteiger partial charge in [-0.25, -0.2) is 4.39 Å². The molecule has 0 saturated heterocycles. The lowest BCUT2D eigenvalue weighted by Gasteiger charge is -2.25. The highest BCUT2D eigenvalue weighted by molar-refractivity contribution is 5.38. The second kappa shape index (κ2) is 5.14. The van der Waals surface area contributed by atoms with E-state index < -0.39 is 5.60 Å². The highest BCUT2D eigenvalue weighted by Crippen LogP contribution is 2.30. The third-order valence-corrected chi connectivity index (χ3v) is 3.53. The van der Waals surface area contributed by atoms with Crippen molar-refractivity contribution in [2.24, 2.45) is 0 Å². The van der Waals surface area contributed by atoms with Crippen LogP contribution >= 0.6 is 0 Å². The Hall–Kier alpha value is -1.67. The van der Waals surface area contributed by atoms with Crippen LogP contribution in [0.25, 0.3) is 0 Å². The minimum atomic E-state index is -1.18. The van der Waals surface area contributed by atoms with E-state index in [0.29, 0.717) is 5.56 Å². The van der Waals surface area contributed by atoms with E-state index in [1.54, 1.807) is 6.92 Å². The molecule has 2 aromatic carbocycles. The lowest BCUT2D eigenvalue weighted by molar-refractivity contribution is 0.102. The summed E-state index contributed by atoms with van der Waals surface area (Å²) in [5.74, 6) is -0.319. The van der Waals surface area contributed by atoms with Gasteiger partial charge in [-0.15, -0.1) is 0 Å². The molecule has 0 fully saturated rings. The monoisotopic (exact) mass is 258 g/mol.